The van der Waals surface area contributed by atoms with Gasteiger partial charge in [-0.3, -0.25) is 14.3 Å². The van der Waals surface area contributed by atoms with Gasteiger partial charge in [0.2, 0.25) is 0 Å². The quantitative estimate of drug-likeness (QED) is 0.300. The van der Waals surface area contributed by atoms with Crippen molar-refractivity contribution in [2.75, 3.05) is 15.4 Å². The van der Waals surface area contributed by atoms with Crippen LogP contribution >= 0.6 is 0 Å². The second-order valence-corrected chi connectivity index (χ2v) is 9.40. The summed E-state index contributed by atoms with van der Waals surface area (Å²) in [6, 6.07) is 19.0. The molecular formula is C26H18F3N3O4S. The Hall–Kier alpha value is -4.64. The van der Waals surface area contributed by atoms with Crippen molar-refractivity contribution >= 4 is 38.9 Å². The maximum absolute atomic E-state index is 13.4. The first-order valence-electron chi connectivity index (χ1n) is 10.7. The minimum Gasteiger partial charge on any atom is -0.322 e. The molecule has 0 atom stereocenters. The summed E-state index contributed by atoms with van der Waals surface area (Å²) in [4.78, 5) is 25.0. The summed E-state index contributed by atoms with van der Waals surface area (Å²) in [7, 11) is -4.20. The monoisotopic (exact) mass is 525 g/mol. The highest BCUT2D eigenvalue weighted by molar-refractivity contribution is 7.92. The third kappa shape index (κ3) is 6.14. The molecule has 0 aliphatic rings. The predicted octanol–water partition coefficient (Wildman–Crippen LogP) is 5.41. The second-order valence-electron chi connectivity index (χ2n) is 7.72. The molecule has 2 amide bonds. The topological polar surface area (TPSA) is 104 Å². The van der Waals surface area contributed by atoms with Gasteiger partial charge in [0.25, 0.3) is 21.8 Å². The van der Waals surface area contributed by atoms with Crippen LogP contribution in [0.5, 0.6) is 0 Å². The van der Waals surface area contributed by atoms with Gasteiger partial charge in [-0.15, -0.1) is 0 Å². The van der Waals surface area contributed by atoms with E-state index in [1.54, 1.807) is 12.1 Å². The number of halogens is 3. The van der Waals surface area contributed by atoms with Crippen LogP contribution in [0.2, 0.25) is 0 Å². The van der Waals surface area contributed by atoms with Crippen LogP contribution in [0.15, 0.2) is 95.9 Å². The Balaban J connectivity index is 1.46. The molecule has 0 bridgehead atoms. The third-order valence-electron chi connectivity index (χ3n) is 5.12. The number of nitrogens with one attached hydrogen (secondary N) is 3. The van der Waals surface area contributed by atoms with Crippen LogP contribution in [0, 0.1) is 17.5 Å². The minimum absolute atomic E-state index is 0.0837. The maximum Gasteiger partial charge on any atom is 0.261 e. The van der Waals surface area contributed by atoms with Crippen molar-refractivity contribution in [3.8, 4) is 0 Å². The molecule has 3 N–H and O–H groups in total. The normalized spacial score (nSPS) is 11.0. The first-order valence-corrected chi connectivity index (χ1v) is 12.2. The van der Waals surface area contributed by atoms with Crippen molar-refractivity contribution < 1.29 is 31.2 Å². The van der Waals surface area contributed by atoms with Gasteiger partial charge in [0.1, 0.15) is 5.82 Å². The summed E-state index contributed by atoms with van der Waals surface area (Å²) in [5.41, 5.74) is 0.991. The van der Waals surface area contributed by atoms with E-state index in [1.807, 2.05) is 0 Å². The minimum atomic E-state index is -4.20. The van der Waals surface area contributed by atoms with E-state index in [1.165, 1.54) is 60.7 Å². The molecule has 7 nitrogen and oxygen atoms in total. The molecule has 0 aliphatic heterocycles. The van der Waals surface area contributed by atoms with Gasteiger partial charge in [0.05, 0.1) is 16.1 Å². The Morgan fingerprint density at radius 1 is 0.649 bits per heavy atom. The fourth-order valence-corrected chi connectivity index (χ4v) is 4.33. The lowest BCUT2D eigenvalue weighted by molar-refractivity contribution is 0.102. The summed E-state index contributed by atoms with van der Waals surface area (Å²) < 4.78 is 66.7. The van der Waals surface area contributed by atoms with E-state index in [0.29, 0.717) is 17.8 Å². The Morgan fingerprint density at radius 3 is 1.97 bits per heavy atom. The molecule has 11 heteroatoms. The lowest BCUT2D eigenvalue weighted by Gasteiger charge is -2.12. The van der Waals surface area contributed by atoms with Gasteiger partial charge in [-0.2, -0.15) is 0 Å². The smallest absolute Gasteiger partial charge is 0.261 e. The number of rotatable bonds is 7. The summed E-state index contributed by atoms with van der Waals surface area (Å²) in [5.74, 6) is -4.03. The van der Waals surface area contributed by atoms with Crippen LogP contribution in [0.3, 0.4) is 0 Å². The van der Waals surface area contributed by atoms with Gasteiger partial charge in [0, 0.05) is 16.9 Å². The van der Waals surface area contributed by atoms with E-state index in [2.05, 4.69) is 15.4 Å². The van der Waals surface area contributed by atoms with Crippen molar-refractivity contribution in [3.05, 3.63) is 120 Å². The van der Waals surface area contributed by atoms with Gasteiger partial charge in [-0.1, -0.05) is 12.1 Å². The number of carbonyl (C=O) groups excluding carboxylic acids is 2. The van der Waals surface area contributed by atoms with Crippen molar-refractivity contribution in [3.63, 3.8) is 0 Å². The molecule has 4 rings (SSSR count). The Morgan fingerprint density at radius 2 is 1.30 bits per heavy atom. The highest BCUT2D eigenvalue weighted by atomic mass is 32.2. The van der Waals surface area contributed by atoms with E-state index < -0.39 is 44.2 Å². The van der Waals surface area contributed by atoms with E-state index in [9.17, 15) is 31.2 Å². The van der Waals surface area contributed by atoms with Gasteiger partial charge in [-0.05, 0) is 78.9 Å². The molecule has 0 fully saturated rings. The SMILES string of the molecule is O=C(Nc1ccccc1C(=O)Nc1ccc(F)cc1)c1ccc(NS(=O)(=O)c2ccc(F)c(F)c2)cc1. The molecule has 0 heterocycles. The van der Waals surface area contributed by atoms with Gasteiger partial charge < -0.3 is 10.6 Å². The van der Waals surface area contributed by atoms with E-state index in [4.69, 9.17) is 0 Å². The van der Waals surface area contributed by atoms with Crippen molar-refractivity contribution in [2.24, 2.45) is 0 Å². The second kappa shape index (κ2) is 10.5. The molecule has 4 aromatic rings. The zero-order chi connectivity index (χ0) is 26.6. The largest absolute Gasteiger partial charge is 0.322 e. The van der Waals surface area contributed by atoms with Crippen LogP contribution in [0.25, 0.3) is 0 Å². The number of anilines is 3. The standard InChI is InChI=1S/C26H18F3N3O4S/c27-17-7-11-18(12-8-17)30-26(34)21-3-1-2-4-24(21)31-25(33)16-5-9-19(10-6-16)32-37(35,36)20-13-14-22(28)23(29)15-20/h1-15,32H,(H,30,34)(H,31,33). The molecule has 0 saturated carbocycles. The molecule has 4 aromatic carbocycles. The molecule has 188 valence electrons. The Bertz CT molecular complexity index is 1580. The predicted molar refractivity (Wildman–Crippen MR) is 132 cm³/mol. The lowest BCUT2D eigenvalue weighted by atomic mass is 10.1. The number of amides is 2. The molecule has 0 saturated heterocycles. The summed E-state index contributed by atoms with van der Waals surface area (Å²) in [5, 5.41) is 5.25. The fourth-order valence-electron chi connectivity index (χ4n) is 3.26. The summed E-state index contributed by atoms with van der Waals surface area (Å²) >= 11 is 0. The Kier molecular flexibility index (Phi) is 7.25. The fraction of sp³-hybridized carbons (Fsp3) is 0. The van der Waals surface area contributed by atoms with Crippen LogP contribution in [0.4, 0.5) is 30.2 Å². The highest BCUT2D eigenvalue weighted by Gasteiger charge is 2.18. The first-order chi connectivity index (χ1) is 17.6. The zero-order valence-electron chi connectivity index (χ0n) is 18.8. The van der Waals surface area contributed by atoms with Crippen molar-refractivity contribution in [2.45, 2.75) is 4.90 Å². The number of hydrogen-bond acceptors (Lipinski definition) is 4. The number of para-hydroxylation sites is 1. The average Bonchev–Trinajstić information content (AvgIpc) is 2.87. The third-order valence-corrected chi connectivity index (χ3v) is 6.50. The number of hydrogen-bond donors (Lipinski definition) is 3. The van der Waals surface area contributed by atoms with Crippen LogP contribution in [0.1, 0.15) is 20.7 Å². The highest BCUT2D eigenvalue weighted by Crippen LogP contribution is 2.21. The molecule has 0 radical (unpaired) electrons. The maximum atomic E-state index is 13.4. The first kappa shape index (κ1) is 25.5. The molecule has 37 heavy (non-hydrogen) atoms. The van der Waals surface area contributed by atoms with Crippen LogP contribution in [-0.4, -0.2) is 20.2 Å². The zero-order valence-corrected chi connectivity index (χ0v) is 19.7. The summed E-state index contributed by atoms with van der Waals surface area (Å²) in [6.07, 6.45) is 0. The van der Waals surface area contributed by atoms with E-state index >= 15 is 0 Å². The molecule has 0 aromatic heterocycles. The van der Waals surface area contributed by atoms with Gasteiger partial charge in [-0.25, -0.2) is 21.6 Å². The average molecular weight is 526 g/mol. The van der Waals surface area contributed by atoms with Crippen molar-refractivity contribution in [1.29, 1.82) is 0 Å². The van der Waals surface area contributed by atoms with Crippen LogP contribution in [-0.2, 0) is 10.0 Å². The number of benzene rings is 4. The van der Waals surface area contributed by atoms with E-state index in [0.717, 1.165) is 6.07 Å². The summed E-state index contributed by atoms with van der Waals surface area (Å²) in [6.45, 7) is 0. The lowest BCUT2D eigenvalue weighted by Crippen LogP contribution is -2.18. The number of carbonyl (C=O) groups is 2. The van der Waals surface area contributed by atoms with Crippen molar-refractivity contribution in [1.82, 2.24) is 0 Å². The molecule has 0 aliphatic carbocycles. The van der Waals surface area contributed by atoms with Gasteiger partial charge >= 0.3 is 0 Å². The van der Waals surface area contributed by atoms with Gasteiger partial charge in [0.15, 0.2) is 11.6 Å². The molecule has 0 spiro atoms. The van der Waals surface area contributed by atoms with Crippen LogP contribution < -0.4 is 15.4 Å². The van der Waals surface area contributed by atoms with E-state index in [-0.39, 0.29) is 22.5 Å². The molecular weight excluding hydrogens is 507 g/mol. The number of sulfonamides is 1. The molecule has 0 unspecified atom stereocenters. The Labute approximate surface area is 210 Å².